The smallest absolute Gasteiger partial charge is 0.325 e. The SMILES string of the molecule is CC(C)COC(=O)CC(=O)N(Cc1ccc(OCCN2CCOCC2)c(F)c1F)N1CCCC1(C)C(=O)O. The molecule has 0 aliphatic carbocycles. The van der Waals surface area contributed by atoms with Gasteiger partial charge in [-0.3, -0.25) is 24.3 Å². The van der Waals surface area contributed by atoms with E-state index in [0.717, 1.165) is 18.1 Å². The van der Waals surface area contributed by atoms with Crippen molar-refractivity contribution in [2.75, 3.05) is 52.6 Å². The first-order valence-corrected chi connectivity index (χ1v) is 12.9. The van der Waals surface area contributed by atoms with Gasteiger partial charge in [0.2, 0.25) is 11.7 Å². The summed E-state index contributed by atoms with van der Waals surface area (Å²) in [7, 11) is 0. The van der Waals surface area contributed by atoms with Crippen LogP contribution in [0.1, 0.15) is 45.6 Å². The van der Waals surface area contributed by atoms with Gasteiger partial charge in [0.1, 0.15) is 18.6 Å². The quantitative estimate of drug-likeness (QED) is 0.315. The number of nitrogens with zero attached hydrogens (tertiary/aromatic N) is 3. The summed E-state index contributed by atoms with van der Waals surface area (Å²) in [5.74, 6) is -5.30. The number of carbonyl (C=O) groups excluding carboxylic acids is 2. The van der Waals surface area contributed by atoms with Crippen molar-refractivity contribution in [2.24, 2.45) is 5.92 Å². The van der Waals surface area contributed by atoms with Crippen LogP contribution in [-0.4, -0.2) is 96.0 Å². The van der Waals surface area contributed by atoms with Gasteiger partial charge in [-0.1, -0.05) is 19.9 Å². The highest BCUT2D eigenvalue weighted by Crippen LogP contribution is 2.33. The van der Waals surface area contributed by atoms with Gasteiger partial charge in [-0.25, -0.2) is 9.40 Å². The van der Waals surface area contributed by atoms with Crippen molar-refractivity contribution in [3.8, 4) is 5.75 Å². The van der Waals surface area contributed by atoms with E-state index in [-0.39, 0.29) is 43.4 Å². The summed E-state index contributed by atoms with van der Waals surface area (Å²) in [6, 6.07) is 2.58. The van der Waals surface area contributed by atoms with Crippen LogP contribution in [0, 0.1) is 17.6 Å². The molecule has 0 bridgehead atoms. The third-order valence-corrected chi connectivity index (χ3v) is 6.73. The topological polar surface area (TPSA) is 109 Å². The minimum Gasteiger partial charge on any atom is -0.489 e. The zero-order chi connectivity index (χ0) is 27.9. The fourth-order valence-electron chi connectivity index (χ4n) is 4.46. The highest BCUT2D eigenvalue weighted by Gasteiger charge is 2.48. The van der Waals surface area contributed by atoms with Crippen LogP contribution in [0.25, 0.3) is 0 Å². The minimum atomic E-state index is -1.45. The number of carboxylic acids is 1. The molecule has 1 N–H and O–H groups in total. The van der Waals surface area contributed by atoms with E-state index in [1.165, 1.54) is 24.1 Å². The molecule has 1 unspecified atom stereocenters. The van der Waals surface area contributed by atoms with Gasteiger partial charge in [-0.05, 0) is 31.7 Å². The van der Waals surface area contributed by atoms with E-state index < -0.39 is 48.0 Å². The average Bonchev–Trinajstić information content (AvgIpc) is 3.28. The second-order valence-corrected chi connectivity index (χ2v) is 10.2. The van der Waals surface area contributed by atoms with Gasteiger partial charge < -0.3 is 19.3 Å². The molecular formula is C26H37F2N3O7. The number of carbonyl (C=O) groups is 3. The van der Waals surface area contributed by atoms with Crippen molar-refractivity contribution in [3.05, 3.63) is 29.3 Å². The Hall–Kier alpha value is -2.83. The number of hydrazine groups is 1. The molecule has 10 nitrogen and oxygen atoms in total. The second kappa shape index (κ2) is 13.3. The van der Waals surface area contributed by atoms with Crippen LogP contribution < -0.4 is 4.74 Å². The molecule has 2 heterocycles. The zero-order valence-electron chi connectivity index (χ0n) is 22.2. The Kier molecular flexibility index (Phi) is 10.4. The second-order valence-electron chi connectivity index (χ2n) is 10.2. The average molecular weight is 542 g/mol. The molecule has 2 fully saturated rings. The van der Waals surface area contributed by atoms with Crippen molar-refractivity contribution in [3.63, 3.8) is 0 Å². The third kappa shape index (κ3) is 7.39. The van der Waals surface area contributed by atoms with Crippen LogP contribution in [0.15, 0.2) is 12.1 Å². The molecule has 2 saturated heterocycles. The zero-order valence-corrected chi connectivity index (χ0v) is 22.2. The standard InChI is InChI=1S/C26H37F2N3O7/c1-18(2)17-38-22(33)15-21(32)30(31-8-4-7-26(31,3)25(34)35)16-19-5-6-20(24(28)23(19)27)37-14-11-29-9-12-36-13-10-29/h5-6,18H,4,7-17H2,1-3H3,(H,34,35). The van der Waals surface area contributed by atoms with Crippen LogP contribution >= 0.6 is 0 Å². The Morgan fingerprint density at radius 3 is 2.53 bits per heavy atom. The lowest BCUT2D eigenvalue weighted by molar-refractivity contribution is -0.175. The summed E-state index contributed by atoms with van der Waals surface area (Å²) in [5.41, 5.74) is -1.62. The molecule has 1 atom stereocenters. The molecule has 1 amide bonds. The van der Waals surface area contributed by atoms with Crippen LogP contribution in [0.5, 0.6) is 5.75 Å². The maximum atomic E-state index is 15.1. The summed E-state index contributed by atoms with van der Waals surface area (Å²) in [4.78, 5) is 39.6. The van der Waals surface area contributed by atoms with Gasteiger partial charge in [-0.15, -0.1) is 0 Å². The van der Waals surface area contributed by atoms with Gasteiger partial charge in [0, 0.05) is 31.7 Å². The molecule has 2 aliphatic rings. The Labute approximate surface area is 221 Å². The van der Waals surface area contributed by atoms with Gasteiger partial charge in [-0.2, -0.15) is 4.39 Å². The fraction of sp³-hybridized carbons (Fsp3) is 0.654. The first kappa shape index (κ1) is 29.7. The van der Waals surface area contributed by atoms with Crippen LogP contribution in [0.2, 0.25) is 0 Å². The van der Waals surface area contributed by atoms with Crippen LogP contribution in [0.3, 0.4) is 0 Å². The number of carboxylic acid groups (broad SMARTS) is 1. The molecule has 1 aromatic carbocycles. The first-order chi connectivity index (χ1) is 18.0. The fourth-order valence-corrected chi connectivity index (χ4v) is 4.46. The molecule has 0 radical (unpaired) electrons. The van der Waals surface area contributed by atoms with Crippen LogP contribution in [-0.2, 0) is 30.4 Å². The first-order valence-electron chi connectivity index (χ1n) is 12.9. The van der Waals surface area contributed by atoms with E-state index in [2.05, 4.69) is 4.90 Å². The number of morpholine rings is 1. The monoisotopic (exact) mass is 541 g/mol. The van der Waals surface area contributed by atoms with Crippen molar-refractivity contribution in [1.29, 1.82) is 0 Å². The van der Waals surface area contributed by atoms with Gasteiger partial charge >= 0.3 is 11.9 Å². The number of ether oxygens (including phenoxy) is 3. The molecule has 38 heavy (non-hydrogen) atoms. The number of benzene rings is 1. The molecule has 3 rings (SSSR count). The molecule has 2 aliphatic heterocycles. The number of hydrogen-bond donors (Lipinski definition) is 1. The van der Waals surface area contributed by atoms with E-state index in [0.29, 0.717) is 26.2 Å². The summed E-state index contributed by atoms with van der Waals surface area (Å²) >= 11 is 0. The molecule has 0 spiro atoms. The maximum Gasteiger partial charge on any atom is 0.325 e. The molecular weight excluding hydrogens is 504 g/mol. The minimum absolute atomic E-state index is 0.0608. The Morgan fingerprint density at radius 1 is 1.16 bits per heavy atom. The lowest BCUT2D eigenvalue weighted by atomic mass is 10.0. The van der Waals surface area contributed by atoms with Crippen molar-refractivity contribution in [1.82, 2.24) is 14.9 Å². The lowest BCUT2D eigenvalue weighted by Gasteiger charge is -2.40. The Bertz CT molecular complexity index is 1000. The summed E-state index contributed by atoms with van der Waals surface area (Å²) < 4.78 is 45.9. The predicted molar refractivity (Wildman–Crippen MR) is 132 cm³/mol. The Balaban J connectivity index is 1.76. The molecule has 212 valence electrons. The third-order valence-electron chi connectivity index (χ3n) is 6.73. The lowest BCUT2D eigenvalue weighted by Crippen LogP contribution is -2.58. The molecule has 0 aromatic heterocycles. The van der Waals surface area contributed by atoms with Gasteiger partial charge in [0.05, 0.1) is 26.4 Å². The Morgan fingerprint density at radius 2 is 1.87 bits per heavy atom. The number of esters is 1. The van der Waals surface area contributed by atoms with E-state index in [1.54, 1.807) is 0 Å². The van der Waals surface area contributed by atoms with Crippen LogP contribution in [0.4, 0.5) is 8.78 Å². The maximum absolute atomic E-state index is 15.1. The van der Waals surface area contributed by atoms with E-state index in [9.17, 15) is 23.9 Å². The van der Waals surface area contributed by atoms with E-state index >= 15 is 4.39 Å². The molecule has 12 heteroatoms. The molecule has 0 saturated carbocycles. The van der Waals surface area contributed by atoms with Crippen molar-refractivity contribution >= 4 is 17.8 Å². The number of aliphatic carboxylic acids is 1. The molecule has 1 aromatic rings. The van der Waals surface area contributed by atoms with Crippen molar-refractivity contribution in [2.45, 2.75) is 52.1 Å². The highest BCUT2D eigenvalue weighted by molar-refractivity contribution is 5.94. The normalized spacial score (nSPS) is 20.5. The number of hydrogen-bond acceptors (Lipinski definition) is 8. The largest absolute Gasteiger partial charge is 0.489 e. The number of amides is 1. The van der Waals surface area contributed by atoms with E-state index in [4.69, 9.17) is 14.2 Å². The van der Waals surface area contributed by atoms with Gasteiger partial charge in [0.15, 0.2) is 11.6 Å². The summed E-state index contributed by atoms with van der Waals surface area (Å²) in [6.07, 6.45) is 0.0551. The summed E-state index contributed by atoms with van der Waals surface area (Å²) in [5, 5.41) is 12.2. The van der Waals surface area contributed by atoms with Crippen molar-refractivity contribution < 1.29 is 42.5 Å². The van der Waals surface area contributed by atoms with Gasteiger partial charge in [0.25, 0.3) is 0 Å². The summed E-state index contributed by atoms with van der Waals surface area (Å²) in [6.45, 7) is 8.39. The number of halogens is 2. The highest BCUT2D eigenvalue weighted by atomic mass is 19.2. The predicted octanol–water partition coefficient (Wildman–Crippen LogP) is 2.45. The number of rotatable bonds is 12. The van der Waals surface area contributed by atoms with E-state index in [1.807, 2.05) is 13.8 Å².